The average molecular weight is 370 g/mol. The molecule has 2 aromatic rings. The Morgan fingerprint density at radius 1 is 1.15 bits per heavy atom. The van der Waals surface area contributed by atoms with E-state index >= 15 is 0 Å². The van der Waals surface area contributed by atoms with Crippen LogP contribution in [0.15, 0.2) is 36.5 Å². The Balaban J connectivity index is 1.49. The second-order valence-corrected chi connectivity index (χ2v) is 6.62. The number of aromatic nitrogens is 2. The summed E-state index contributed by atoms with van der Waals surface area (Å²) in [4.78, 5) is 20.3. The van der Waals surface area contributed by atoms with Gasteiger partial charge in [0.05, 0.1) is 38.1 Å². The van der Waals surface area contributed by atoms with Gasteiger partial charge in [-0.15, -0.1) is 0 Å². The molecule has 142 valence electrons. The van der Waals surface area contributed by atoms with Crippen molar-refractivity contribution in [2.75, 3.05) is 25.6 Å². The van der Waals surface area contributed by atoms with Crippen molar-refractivity contribution in [2.45, 2.75) is 31.2 Å². The quantitative estimate of drug-likeness (QED) is 0.817. The van der Waals surface area contributed by atoms with Crippen LogP contribution in [0.1, 0.15) is 6.92 Å². The molecule has 2 saturated heterocycles. The molecule has 3 heterocycles. The van der Waals surface area contributed by atoms with Crippen LogP contribution in [0.4, 0.5) is 5.95 Å². The number of methoxy groups -OCH3 is 1. The molecule has 1 aromatic carbocycles. The molecule has 0 bridgehead atoms. The number of fused-ring (bicyclic) bond motifs is 1. The first-order chi connectivity index (χ1) is 13.2. The Bertz CT molecular complexity index is 831. The standard InChI is InChI=1S/C19H22N4O4/c1-11(24)21-14-9-26-18-15(10-27-17(14)18)23-19-20-8-7-13(22-19)12-5-3-4-6-16(12)25-2/h3-8,14-15,17-18H,9-10H2,1-2H3,(H,21,24)(H,20,22,23). The van der Waals surface area contributed by atoms with Crippen molar-refractivity contribution >= 4 is 11.9 Å². The predicted molar refractivity (Wildman–Crippen MR) is 98.5 cm³/mol. The molecule has 8 nitrogen and oxygen atoms in total. The molecule has 4 unspecified atom stereocenters. The van der Waals surface area contributed by atoms with Gasteiger partial charge in [-0.25, -0.2) is 9.97 Å². The number of nitrogens with one attached hydrogen (secondary N) is 2. The minimum atomic E-state index is -0.163. The van der Waals surface area contributed by atoms with E-state index in [4.69, 9.17) is 14.2 Å². The number of amides is 1. The van der Waals surface area contributed by atoms with E-state index in [1.807, 2.05) is 30.3 Å². The lowest BCUT2D eigenvalue weighted by molar-refractivity contribution is -0.120. The molecule has 2 fully saturated rings. The second kappa shape index (κ2) is 7.50. The summed E-state index contributed by atoms with van der Waals surface area (Å²) in [6.45, 7) is 2.40. The van der Waals surface area contributed by atoms with Crippen LogP contribution in [-0.2, 0) is 14.3 Å². The highest BCUT2D eigenvalue weighted by Gasteiger charge is 2.48. The van der Waals surface area contributed by atoms with Crippen molar-refractivity contribution in [1.29, 1.82) is 0 Å². The van der Waals surface area contributed by atoms with Gasteiger partial charge < -0.3 is 24.8 Å². The van der Waals surface area contributed by atoms with Crippen LogP contribution in [0, 0.1) is 0 Å². The van der Waals surface area contributed by atoms with E-state index in [2.05, 4.69) is 20.6 Å². The Morgan fingerprint density at radius 2 is 1.89 bits per heavy atom. The molecule has 0 aliphatic carbocycles. The lowest BCUT2D eigenvalue weighted by Gasteiger charge is -2.18. The summed E-state index contributed by atoms with van der Waals surface area (Å²) < 4.78 is 17.1. The third-order valence-electron chi connectivity index (χ3n) is 4.80. The summed E-state index contributed by atoms with van der Waals surface area (Å²) in [7, 11) is 1.64. The van der Waals surface area contributed by atoms with Crippen LogP contribution in [0.3, 0.4) is 0 Å². The van der Waals surface area contributed by atoms with Crippen LogP contribution in [0.25, 0.3) is 11.3 Å². The Morgan fingerprint density at radius 3 is 2.67 bits per heavy atom. The first kappa shape index (κ1) is 17.7. The van der Waals surface area contributed by atoms with Gasteiger partial charge in [0.15, 0.2) is 0 Å². The van der Waals surface area contributed by atoms with Gasteiger partial charge in [-0.3, -0.25) is 4.79 Å². The minimum Gasteiger partial charge on any atom is -0.496 e. The third-order valence-corrected chi connectivity index (χ3v) is 4.80. The highest BCUT2D eigenvalue weighted by Crippen LogP contribution is 2.30. The summed E-state index contributed by atoms with van der Waals surface area (Å²) in [6.07, 6.45) is 1.39. The average Bonchev–Trinajstić information content (AvgIpc) is 3.25. The van der Waals surface area contributed by atoms with Crippen LogP contribution < -0.4 is 15.4 Å². The number of para-hydroxylation sites is 1. The van der Waals surface area contributed by atoms with Gasteiger partial charge in [0.2, 0.25) is 11.9 Å². The molecular formula is C19H22N4O4. The fraction of sp³-hybridized carbons (Fsp3) is 0.421. The van der Waals surface area contributed by atoms with Crippen molar-refractivity contribution in [1.82, 2.24) is 15.3 Å². The summed E-state index contributed by atoms with van der Waals surface area (Å²) >= 11 is 0. The number of anilines is 1. The number of nitrogens with zero attached hydrogens (tertiary/aromatic N) is 2. The van der Waals surface area contributed by atoms with Crippen molar-refractivity contribution in [3.63, 3.8) is 0 Å². The number of hydrogen-bond donors (Lipinski definition) is 2. The van der Waals surface area contributed by atoms with E-state index in [9.17, 15) is 4.79 Å². The number of rotatable bonds is 5. The number of ether oxygens (including phenoxy) is 3. The summed E-state index contributed by atoms with van der Waals surface area (Å²) in [5, 5.41) is 6.19. The van der Waals surface area contributed by atoms with Crippen molar-refractivity contribution in [3.8, 4) is 17.0 Å². The fourth-order valence-electron chi connectivity index (χ4n) is 3.61. The zero-order valence-electron chi connectivity index (χ0n) is 15.2. The molecule has 27 heavy (non-hydrogen) atoms. The number of benzene rings is 1. The minimum absolute atomic E-state index is 0.0818. The van der Waals surface area contributed by atoms with Crippen molar-refractivity contribution in [3.05, 3.63) is 36.5 Å². The van der Waals surface area contributed by atoms with Crippen molar-refractivity contribution in [2.24, 2.45) is 0 Å². The molecule has 1 aromatic heterocycles. The van der Waals surface area contributed by atoms with E-state index in [0.717, 1.165) is 17.0 Å². The molecule has 2 N–H and O–H groups in total. The zero-order chi connectivity index (χ0) is 18.8. The van der Waals surface area contributed by atoms with E-state index < -0.39 is 0 Å². The highest BCUT2D eigenvalue weighted by molar-refractivity contribution is 5.73. The van der Waals surface area contributed by atoms with Crippen LogP contribution in [-0.4, -0.2) is 60.5 Å². The van der Waals surface area contributed by atoms with Crippen molar-refractivity contribution < 1.29 is 19.0 Å². The number of carbonyl (C=O) groups excluding carboxylic acids is 1. The largest absolute Gasteiger partial charge is 0.496 e. The maximum atomic E-state index is 11.3. The molecule has 0 spiro atoms. The van der Waals surface area contributed by atoms with Crippen LogP contribution in [0.5, 0.6) is 5.75 Å². The normalized spacial score (nSPS) is 26.4. The van der Waals surface area contributed by atoms with Gasteiger partial charge in [0.1, 0.15) is 18.0 Å². The Hall–Kier alpha value is -2.71. The zero-order valence-corrected chi connectivity index (χ0v) is 15.2. The van der Waals surface area contributed by atoms with E-state index in [-0.39, 0.29) is 30.2 Å². The maximum absolute atomic E-state index is 11.3. The van der Waals surface area contributed by atoms with Crippen LogP contribution in [0.2, 0.25) is 0 Å². The first-order valence-corrected chi connectivity index (χ1v) is 8.89. The molecule has 0 saturated carbocycles. The van der Waals surface area contributed by atoms with Gasteiger partial charge in [-0.05, 0) is 18.2 Å². The summed E-state index contributed by atoms with van der Waals surface area (Å²) in [5.41, 5.74) is 1.66. The third kappa shape index (κ3) is 3.58. The fourth-order valence-corrected chi connectivity index (χ4v) is 3.61. The molecule has 2 aliphatic rings. The second-order valence-electron chi connectivity index (χ2n) is 6.62. The molecule has 1 amide bonds. The van der Waals surface area contributed by atoms with Gasteiger partial charge in [0.25, 0.3) is 0 Å². The lowest BCUT2D eigenvalue weighted by Crippen LogP contribution is -2.44. The van der Waals surface area contributed by atoms with E-state index in [1.165, 1.54) is 6.92 Å². The van der Waals surface area contributed by atoms with Gasteiger partial charge in [0, 0.05) is 18.7 Å². The lowest BCUT2D eigenvalue weighted by atomic mass is 10.1. The number of hydrogen-bond acceptors (Lipinski definition) is 7. The Kier molecular flexibility index (Phi) is 4.91. The summed E-state index contributed by atoms with van der Waals surface area (Å²) in [6, 6.07) is 9.35. The predicted octanol–water partition coefficient (Wildman–Crippen LogP) is 1.23. The Labute approximate surface area is 157 Å². The topological polar surface area (TPSA) is 94.6 Å². The van der Waals surface area contributed by atoms with E-state index in [1.54, 1.807) is 13.3 Å². The monoisotopic (exact) mass is 370 g/mol. The van der Waals surface area contributed by atoms with Gasteiger partial charge >= 0.3 is 0 Å². The van der Waals surface area contributed by atoms with E-state index in [0.29, 0.717) is 19.2 Å². The smallest absolute Gasteiger partial charge is 0.223 e. The van der Waals surface area contributed by atoms with Gasteiger partial charge in [-0.2, -0.15) is 0 Å². The maximum Gasteiger partial charge on any atom is 0.223 e. The molecule has 8 heteroatoms. The molecule has 0 radical (unpaired) electrons. The highest BCUT2D eigenvalue weighted by atomic mass is 16.6. The molecule has 4 rings (SSSR count). The number of carbonyl (C=O) groups is 1. The van der Waals surface area contributed by atoms with Crippen LogP contribution >= 0.6 is 0 Å². The van der Waals surface area contributed by atoms with Gasteiger partial charge in [-0.1, -0.05) is 12.1 Å². The molecular weight excluding hydrogens is 348 g/mol. The molecule has 2 aliphatic heterocycles. The summed E-state index contributed by atoms with van der Waals surface area (Å²) in [5.74, 6) is 1.17. The first-order valence-electron chi connectivity index (χ1n) is 8.89. The molecule has 4 atom stereocenters. The SMILES string of the molecule is COc1ccccc1-c1ccnc(NC2COC3C(NC(C)=O)COC23)n1.